The minimum Gasteiger partial charge on any atom is -0.297 e. The molecule has 0 aliphatic carbocycles. The molecule has 0 radical (unpaired) electrons. The topological polar surface area (TPSA) is 40.9 Å². The van der Waals surface area contributed by atoms with Crippen molar-refractivity contribution in [2.75, 3.05) is 0 Å². The molecule has 0 aliphatic rings. The SMILES string of the molecule is N#Cc1ccc(-c2csc(C=O)c2)cc1. The van der Waals surface area contributed by atoms with Crippen LogP contribution in [0.2, 0.25) is 0 Å². The molecule has 0 spiro atoms. The van der Waals surface area contributed by atoms with E-state index in [1.807, 2.05) is 23.6 Å². The Labute approximate surface area is 91.4 Å². The van der Waals surface area contributed by atoms with Crippen LogP contribution in [-0.2, 0) is 0 Å². The monoisotopic (exact) mass is 213 g/mol. The highest BCUT2D eigenvalue weighted by Gasteiger charge is 2.01. The van der Waals surface area contributed by atoms with Crippen molar-refractivity contribution in [1.82, 2.24) is 0 Å². The van der Waals surface area contributed by atoms with E-state index < -0.39 is 0 Å². The lowest BCUT2D eigenvalue weighted by molar-refractivity contribution is 0.112. The van der Waals surface area contributed by atoms with E-state index >= 15 is 0 Å². The Kier molecular flexibility index (Phi) is 2.61. The number of hydrogen-bond donors (Lipinski definition) is 0. The molecule has 0 bridgehead atoms. The van der Waals surface area contributed by atoms with Gasteiger partial charge in [-0.05, 0) is 34.7 Å². The van der Waals surface area contributed by atoms with Gasteiger partial charge in [0.25, 0.3) is 0 Å². The molecule has 0 N–H and O–H groups in total. The van der Waals surface area contributed by atoms with Crippen molar-refractivity contribution >= 4 is 17.6 Å². The van der Waals surface area contributed by atoms with E-state index in [0.717, 1.165) is 17.4 Å². The van der Waals surface area contributed by atoms with Crippen LogP contribution in [0, 0.1) is 11.3 Å². The molecule has 1 aromatic carbocycles. The van der Waals surface area contributed by atoms with Crippen LogP contribution in [0.1, 0.15) is 15.2 Å². The molecule has 0 saturated carbocycles. The van der Waals surface area contributed by atoms with Crippen molar-refractivity contribution in [3.8, 4) is 17.2 Å². The Hall–Kier alpha value is -1.92. The summed E-state index contributed by atoms with van der Waals surface area (Å²) in [5, 5.41) is 10.6. The molecule has 0 unspecified atom stereocenters. The Bertz CT molecular complexity index is 519. The van der Waals surface area contributed by atoms with Gasteiger partial charge in [0, 0.05) is 0 Å². The zero-order valence-corrected chi connectivity index (χ0v) is 8.62. The fourth-order valence-electron chi connectivity index (χ4n) is 1.30. The third kappa shape index (κ3) is 1.95. The highest BCUT2D eigenvalue weighted by atomic mass is 32.1. The highest BCUT2D eigenvalue weighted by Crippen LogP contribution is 2.24. The lowest BCUT2D eigenvalue weighted by atomic mass is 10.1. The third-order valence-corrected chi connectivity index (χ3v) is 2.94. The summed E-state index contributed by atoms with van der Waals surface area (Å²) in [7, 11) is 0. The third-order valence-electron chi connectivity index (χ3n) is 2.08. The molecule has 2 rings (SSSR count). The lowest BCUT2D eigenvalue weighted by Gasteiger charge is -1.96. The van der Waals surface area contributed by atoms with Gasteiger partial charge in [-0.15, -0.1) is 11.3 Å². The van der Waals surface area contributed by atoms with Gasteiger partial charge in [-0.1, -0.05) is 12.1 Å². The first kappa shape index (κ1) is 9.63. The maximum absolute atomic E-state index is 10.5. The Morgan fingerprint density at radius 3 is 2.47 bits per heavy atom. The molecule has 1 aromatic heterocycles. The summed E-state index contributed by atoms with van der Waals surface area (Å²) in [4.78, 5) is 11.2. The largest absolute Gasteiger partial charge is 0.297 e. The van der Waals surface area contributed by atoms with Crippen LogP contribution in [-0.4, -0.2) is 6.29 Å². The van der Waals surface area contributed by atoms with Crippen molar-refractivity contribution in [3.63, 3.8) is 0 Å². The van der Waals surface area contributed by atoms with Crippen LogP contribution < -0.4 is 0 Å². The molecule has 0 atom stereocenters. The van der Waals surface area contributed by atoms with Crippen LogP contribution in [0.4, 0.5) is 0 Å². The first-order valence-corrected chi connectivity index (χ1v) is 5.25. The zero-order chi connectivity index (χ0) is 10.7. The average molecular weight is 213 g/mol. The van der Waals surface area contributed by atoms with E-state index in [9.17, 15) is 4.79 Å². The summed E-state index contributed by atoms with van der Waals surface area (Å²) in [6.07, 6.45) is 0.845. The summed E-state index contributed by atoms with van der Waals surface area (Å²) in [6, 6.07) is 11.2. The second-order valence-electron chi connectivity index (χ2n) is 3.04. The second kappa shape index (κ2) is 4.07. The maximum atomic E-state index is 10.5. The maximum Gasteiger partial charge on any atom is 0.160 e. The minimum absolute atomic E-state index is 0.643. The van der Waals surface area contributed by atoms with Gasteiger partial charge in [-0.3, -0.25) is 4.79 Å². The van der Waals surface area contributed by atoms with Gasteiger partial charge < -0.3 is 0 Å². The molecule has 0 fully saturated rings. The van der Waals surface area contributed by atoms with Gasteiger partial charge in [0.1, 0.15) is 0 Å². The molecular weight excluding hydrogens is 206 g/mol. The smallest absolute Gasteiger partial charge is 0.160 e. The predicted octanol–water partition coefficient (Wildman–Crippen LogP) is 3.10. The number of nitriles is 1. The highest BCUT2D eigenvalue weighted by molar-refractivity contribution is 7.12. The molecule has 2 nitrogen and oxygen atoms in total. The van der Waals surface area contributed by atoms with Crippen molar-refractivity contribution in [2.24, 2.45) is 0 Å². The van der Waals surface area contributed by atoms with Crippen molar-refractivity contribution in [3.05, 3.63) is 46.2 Å². The molecule has 0 saturated heterocycles. The predicted molar refractivity (Wildman–Crippen MR) is 59.9 cm³/mol. The number of benzene rings is 1. The molecular formula is C12H7NOS. The van der Waals surface area contributed by atoms with E-state index in [2.05, 4.69) is 6.07 Å². The van der Waals surface area contributed by atoms with Crippen LogP contribution in [0.5, 0.6) is 0 Å². The molecule has 0 aliphatic heterocycles. The zero-order valence-electron chi connectivity index (χ0n) is 7.81. The summed E-state index contributed by atoms with van der Waals surface area (Å²) in [5.41, 5.74) is 2.69. The van der Waals surface area contributed by atoms with Gasteiger partial charge in [0.05, 0.1) is 16.5 Å². The lowest BCUT2D eigenvalue weighted by Crippen LogP contribution is -1.76. The van der Waals surface area contributed by atoms with E-state index in [-0.39, 0.29) is 0 Å². The average Bonchev–Trinajstić information content (AvgIpc) is 2.78. The van der Waals surface area contributed by atoms with E-state index in [4.69, 9.17) is 5.26 Å². The van der Waals surface area contributed by atoms with Crippen LogP contribution in [0.25, 0.3) is 11.1 Å². The first-order valence-electron chi connectivity index (χ1n) is 4.38. The normalized spacial score (nSPS) is 9.53. The summed E-state index contributed by atoms with van der Waals surface area (Å²) < 4.78 is 0. The van der Waals surface area contributed by atoms with Crippen molar-refractivity contribution in [2.45, 2.75) is 0 Å². The molecule has 1 heterocycles. The van der Waals surface area contributed by atoms with Gasteiger partial charge in [0.15, 0.2) is 6.29 Å². The van der Waals surface area contributed by atoms with Crippen LogP contribution in [0.15, 0.2) is 35.7 Å². The standard InChI is InChI=1S/C12H7NOS/c13-6-9-1-3-10(4-2-9)11-5-12(7-14)15-8-11/h1-5,7-8H. The van der Waals surface area contributed by atoms with E-state index in [1.165, 1.54) is 11.3 Å². The van der Waals surface area contributed by atoms with Gasteiger partial charge in [0.2, 0.25) is 0 Å². The molecule has 0 amide bonds. The Morgan fingerprint density at radius 1 is 1.20 bits per heavy atom. The first-order chi connectivity index (χ1) is 7.33. The fraction of sp³-hybridized carbons (Fsp3) is 0. The molecule has 15 heavy (non-hydrogen) atoms. The molecule has 72 valence electrons. The number of carbonyl (C=O) groups is 1. The Balaban J connectivity index is 2.37. The van der Waals surface area contributed by atoms with Gasteiger partial charge >= 0.3 is 0 Å². The van der Waals surface area contributed by atoms with E-state index in [1.54, 1.807) is 12.1 Å². The van der Waals surface area contributed by atoms with Crippen LogP contribution >= 0.6 is 11.3 Å². The fourth-order valence-corrected chi connectivity index (χ4v) is 2.02. The Morgan fingerprint density at radius 2 is 1.93 bits per heavy atom. The number of hydrogen-bond acceptors (Lipinski definition) is 3. The second-order valence-corrected chi connectivity index (χ2v) is 3.99. The van der Waals surface area contributed by atoms with Gasteiger partial charge in [-0.2, -0.15) is 5.26 Å². The quantitative estimate of drug-likeness (QED) is 0.719. The number of thiophene rings is 1. The van der Waals surface area contributed by atoms with Crippen LogP contribution in [0.3, 0.4) is 0 Å². The number of aldehydes is 1. The number of nitrogens with zero attached hydrogens (tertiary/aromatic N) is 1. The summed E-state index contributed by atoms with van der Waals surface area (Å²) in [6.45, 7) is 0. The summed E-state index contributed by atoms with van der Waals surface area (Å²) in [5.74, 6) is 0. The molecule has 3 heteroatoms. The molecule has 2 aromatic rings. The van der Waals surface area contributed by atoms with Crippen molar-refractivity contribution in [1.29, 1.82) is 5.26 Å². The minimum atomic E-state index is 0.643. The van der Waals surface area contributed by atoms with Crippen molar-refractivity contribution < 1.29 is 4.79 Å². The van der Waals surface area contributed by atoms with Gasteiger partial charge in [-0.25, -0.2) is 0 Å². The number of rotatable bonds is 2. The van der Waals surface area contributed by atoms with E-state index in [0.29, 0.717) is 10.4 Å². The number of carbonyl (C=O) groups excluding carboxylic acids is 1. The summed E-state index contributed by atoms with van der Waals surface area (Å²) >= 11 is 1.42.